The van der Waals surface area contributed by atoms with E-state index < -0.39 is 5.60 Å². The molecule has 1 aliphatic carbocycles. The number of hydrogen-bond donors (Lipinski definition) is 1. The molecule has 162 valence electrons. The molecule has 3 aliphatic rings. The second kappa shape index (κ2) is 7.57. The average Bonchev–Trinajstić information content (AvgIpc) is 3.27. The smallest absolute Gasteiger partial charge is 0.141 e. The quantitative estimate of drug-likeness (QED) is 0.818. The van der Waals surface area contributed by atoms with Crippen molar-refractivity contribution in [2.45, 2.75) is 57.8 Å². The van der Waals surface area contributed by atoms with Crippen LogP contribution < -0.4 is 9.47 Å². The van der Waals surface area contributed by atoms with Crippen LogP contribution in [0.1, 0.15) is 50.1 Å². The lowest BCUT2D eigenvalue weighted by atomic mass is 9.65. The van der Waals surface area contributed by atoms with Gasteiger partial charge in [-0.05, 0) is 38.8 Å². The monoisotopic (exact) mass is 411 g/mol. The molecule has 0 radical (unpaired) electrons. The fourth-order valence-corrected chi connectivity index (χ4v) is 5.92. The Bertz CT molecular complexity index is 910. The van der Waals surface area contributed by atoms with Gasteiger partial charge in [0.05, 0.1) is 6.61 Å². The topological polar surface area (TPSA) is 59.8 Å². The summed E-state index contributed by atoms with van der Waals surface area (Å²) in [5, 5.41) is 11.8. The molecule has 2 fully saturated rings. The Hall–Kier alpha value is -2.05. The van der Waals surface area contributed by atoms with Gasteiger partial charge in [-0.15, -0.1) is 0 Å². The highest BCUT2D eigenvalue weighted by atomic mass is 16.5. The second-order valence-corrected chi connectivity index (χ2v) is 9.34. The third kappa shape index (κ3) is 3.21. The fraction of sp³-hybridized carbons (Fsp3) is 0.625. The van der Waals surface area contributed by atoms with Crippen molar-refractivity contribution >= 4 is 0 Å². The lowest BCUT2D eigenvalue weighted by molar-refractivity contribution is -0.155. The van der Waals surface area contributed by atoms with Crippen LogP contribution in [-0.4, -0.2) is 45.4 Å². The largest absolute Gasteiger partial charge is 0.494 e. The molecule has 2 bridgehead atoms. The molecule has 6 nitrogen and oxygen atoms in total. The Morgan fingerprint density at radius 1 is 1.27 bits per heavy atom. The van der Waals surface area contributed by atoms with E-state index in [0.29, 0.717) is 6.61 Å². The molecule has 2 aliphatic heterocycles. The summed E-state index contributed by atoms with van der Waals surface area (Å²) in [5.74, 6) is 3.21. The van der Waals surface area contributed by atoms with Crippen LogP contribution in [0.3, 0.4) is 0 Å². The average molecular weight is 412 g/mol. The van der Waals surface area contributed by atoms with Gasteiger partial charge >= 0.3 is 0 Å². The van der Waals surface area contributed by atoms with Crippen molar-refractivity contribution in [3.8, 4) is 11.5 Å². The van der Waals surface area contributed by atoms with Crippen LogP contribution in [0.15, 0.2) is 24.5 Å². The van der Waals surface area contributed by atoms with E-state index in [0.717, 1.165) is 56.2 Å². The van der Waals surface area contributed by atoms with Gasteiger partial charge in [0, 0.05) is 68.5 Å². The number of fused-ring (bicyclic) bond motifs is 3. The van der Waals surface area contributed by atoms with Crippen LogP contribution in [0, 0.1) is 11.8 Å². The standard InChI is InChI=1S/C24H33N3O3/c1-4-29-21-11-17-10-16(2)30-22(17)12-18(21)13-27-14-19-6-5-7-20(15-27)24(19,28)23-25-8-9-26(23)3/h8-9,11-12,16,19-20,28H,4-7,10,13-15H2,1-3H3/t16-,19-,20+,24?/m0/s1. The van der Waals surface area contributed by atoms with Crippen LogP contribution in [0.2, 0.25) is 0 Å². The van der Waals surface area contributed by atoms with Crippen LogP contribution >= 0.6 is 0 Å². The van der Waals surface area contributed by atoms with Gasteiger partial charge in [0.2, 0.25) is 0 Å². The molecule has 6 heteroatoms. The highest BCUT2D eigenvalue weighted by Gasteiger charge is 2.53. The van der Waals surface area contributed by atoms with E-state index in [1.807, 2.05) is 24.7 Å². The minimum absolute atomic E-state index is 0.201. The van der Waals surface area contributed by atoms with Gasteiger partial charge in [0.25, 0.3) is 0 Å². The van der Waals surface area contributed by atoms with E-state index in [9.17, 15) is 5.11 Å². The molecule has 2 aromatic rings. The highest BCUT2D eigenvalue weighted by molar-refractivity contribution is 5.48. The Balaban J connectivity index is 1.40. The maximum absolute atomic E-state index is 11.8. The van der Waals surface area contributed by atoms with Gasteiger partial charge in [-0.25, -0.2) is 4.98 Å². The number of aryl methyl sites for hydroxylation is 1. The zero-order valence-electron chi connectivity index (χ0n) is 18.3. The Morgan fingerprint density at radius 2 is 2.03 bits per heavy atom. The highest BCUT2D eigenvalue weighted by Crippen LogP contribution is 2.49. The van der Waals surface area contributed by atoms with Crippen molar-refractivity contribution in [1.29, 1.82) is 0 Å². The number of likely N-dealkylation sites (tertiary alicyclic amines) is 1. The molecule has 1 aromatic heterocycles. The number of imidazole rings is 1. The van der Waals surface area contributed by atoms with Crippen molar-refractivity contribution in [2.75, 3.05) is 19.7 Å². The molecule has 4 atom stereocenters. The number of piperidine rings is 1. The maximum Gasteiger partial charge on any atom is 0.141 e. The van der Waals surface area contributed by atoms with E-state index >= 15 is 0 Å². The fourth-order valence-electron chi connectivity index (χ4n) is 5.92. The molecule has 0 spiro atoms. The van der Waals surface area contributed by atoms with Crippen LogP contribution in [-0.2, 0) is 25.6 Å². The van der Waals surface area contributed by atoms with E-state index in [4.69, 9.17) is 9.47 Å². The summed E-state index contributed by atoms with van der Waals surface area (Å²) in [5.41, 5.74) is 1.60. The summed E-state index contributed by atoms with van der Waals surface area (Å²) in [6.07, 6.45) is 8.18. The van der Waals surface area contributed by atoms with Crippen LogP contribution in [0.4, 0.5) is 0 Å². The van der Waals surface area contributed by atoms with E-state index in [2.05, 4.69) is 28.9 Å². The molecule has 3 heterocycles. The number of aromatic nitrogens is 2. The summed E-state index contributed by atoms with van der Waals surface area (Å²) in [6.45, 7) is 7.38. The van der Waals surface area contributed by atoms with E-state index in [1.54, 1.807) is 6.20 Å². The number of hydrogen-bond acceptors (Lipinski definition) is 5. The van der Waals surface area contributed by atoms with Crippen LogP contribution in [0.5, 0.6) is 11.5 Å². The lowest BCUT2D eigenvalue weighted by Crippen LogP contribution is -2.58. The summed E-state index contributed by atoms with van der Waals surface area (Å²) >= 11 is 0. The minimum atomic E-state index is -0.827. The van der Waals surface area contributed by atoms with Crippen molar-refractivity contribution < 1.29 is 14.6 Å². The summed E-state index contributed by atoms with van der Waals surface area (Å²) in [6, 6.07) is 4.35. The predicted molar refractivity (Wildman–Crippen MR) is 115 cm³/mol. The molecule has 1 N–H and O–H groups in total. The SMILES string of the molecule is CCOc1cc2c(cc1CN1C[C@H]3CCC[C@@H](C1)C3(O)c1nccn1C)O[C@@H](C)C2. The summed E-state index contributed by atoms with van der Waals surface area (Å²) in [4.78, 5) is 7.04. The molecule has 1 saturated carbocycles. The molecular weight excluding hydrogens is 378 g/mol. The summed E-state index contributed by atoms with van der Waals surface area (Å²) < 4.78 is 14.0. The van der Waals surface area contributed by atoms with Gasteiger partial charge in [-0.3, -0.25) is 4.90 Å². The first-order valence-corrected chi connectivity index (χ1v) is 11.4. The Morgan fingerprint density at radius 3 is 2.70 bits per heavy atom. The molecule has 30 heavy (non-hydrogen) atoms. The zero-order valence-corrected chi connectivity index (χ0v) is 18.3. The summed E-state index contributed by atoms with van der Waals surface area (Å²) in [7, 11) is 1.99. The zero-order chi connectivity index (χ0) is 20.9. The van der Waals surface area contributed by atoms with Gasteiger partial charge in [0.15, 0.2) is 0 Å². The third-order valence-corrected chi connectivity index (χ3v) is 7.26. The first-order valence-electron chi connectivity index (χ1n) is 11.4. The minimum Gasteiger partial charge on any atom is -0.494 e. The molecule has 1 saturated heterocycles. The predicted octanol–water partition coefficient (Wildman–Crippen LogP) is 3.26. The van der Waals surface area contributed by atoms with Crippen molar-refractivity contribution in [2.24, 2.45) is 18.9 Å². The molecular formula is C24H33N3O3. The second-order valence-electron chi connectivity index (χ2n) is 9.34. The van der Waals surface area contributed by atoms with Crippen molar-refractivity contribution in [1.82, 2.24) is 14.5 Å². The van der Waals surface area contributed by atoms with Gasteiger partial charge in [-0.1, -0.05) is 6.42 Å². The number of rotatable bonds is 5. The number of aliphatic hydroxyl groups is 1. The number of benzene rings is 1. The van der Waals surface area contributed by atoms with E-state index in [1.165, 1.54) is 17.5 Å². The first kappa shape index (κ1) is 19.9. The third-order valence-electron chi connectivity index (χ3n) is 7.26. The normalized spacial score (nSPS) is 30.7. The maximum atomic E-state index is 11.8. The van der Waals surface area contributed by atoms with Gasteiger partial charge in [0.1, 0.15) is 29.0 Å². The number of nitrogens with zero attached hydrogens (tertiary/aromatic N) is 3. The Labute approximate surface area is 178 Å². The number of ether oxygens (including phenoxy) is 2. The van der Waals surface area contributed by atoms with Crippen molar-refractivity contribution in [3.05, 3.63) is 41.5 Å². The Kier molecular flexibility index (Phi) is 5.02. The van der Waals surface area contributed by atoms with Crippen LogP contribution in [0.25, 0.3) is 0 Å². The molecule has 0 amide bonds. The lowest BCUT2D eigenvalue weighted by Gasteiger charge is -2.52. The molecule has 1 aromatic carbocycles. The molecule has 1 unspecified atom stereocenters. The molecule has 5 rings (SSSR count). The van der Waals surface area contributed by atoms with Crippen molar-refractivity contribution in [3.63, 3.8) is 0 Å². The van der Waals surface area contributed by atoms with Gasteiger partial charge < -0.3 is 19.1 Å². The van der Waals surface area contributed by atoms with Gasteiger partial charge in [-0.2, -0.15) is 0 Å². The first-order chi connectivity index (χ1) is 14.5. The van der Waals surface area contributed by atoms with E-state index in [-0.39, 0.29) is 17.9 Å².